The molecule has 2 heterocycles. The fraction of sp³-hybridized carbons (Fsp3) is 0.263. The van der Waals surface area contributed by atoms with Crippen molar-refractivity contribution in [3.05, 3.63) is 53.6 Å². The summed E-state index contributed by atoms with van der Waals surface area (Å²) < 4.78 is 10.5. The summed E-state index contributed by atoms with van der Waals surface area (Å²) in [5, 5.41) is 2.89. The summed E-state index contributed by atoms with van der Waals surface area (Å²) in [7, 11) is 0. The van der Waals surface area contributed by atoms with Crippen LogP contribution in [0, 0.1) is 12.8 Å². The van der Waals surface area contributed by atoms with Gasteiger partial charge in [0, 0.05) is 24.3 Å². The van der Waals surface area contributed by atoms with Gasteiger partial charge in [-0.25, -0.2) is 0 Å². The van der Waals surface area contributed by atoms with Crippen molar-refractivity contribution in [2.24, 2.45) is 5.92 Å². The predicted molar refractivity (Wildman–Crippen MR) is 91.8 cm³/mol. The first-order valence-corrected chi connectivity index (χ1v) is 8.16. The largest absolute Gasteiger partial charge is 0.454 e. The standard InChI is InChI=1S/C19H18N2O4/c1-12-2-5-15(6-3-12)20-18(22)14-9-21(10-14)19(23)13-4-7-16-17(8-13)25-11-24-16/h2-8,14H,9-11H2,1H3,(H,20,22). The number of aryl methyl sites for hydroxylation is 1. The molecule has 0 unspecified atom stereocenters. The molecule has 2 aromatic carbocycles. The first kappa shape index (κ1) is 15.5. The second-order valence-electron chi connectivity index (χ2n) is 6.33. The van der Waals surface area contributed by atoms with Gasteiger partial charge in [-0.05, 0) is 37.3 Å². The molecule has 6 nitrogen and oxygen atoms in total. The molecule has 128 valence electrons. The molecule has 6 heteroatoms. The highest BCUT2D eigenvalue weighted by molar-refractivity contribution is 5.99. The van der Waals surface area contributed by atoms with Gasteiger partial charge in [0.05, 0.1) is 5.92 Å². The number of rotatable bonds is 3. The maximum Gasteiger partial charge on any atom is 0.254 e. The van der Waals surface area contributed by atoms with Crippen molar-refractivity contribution in [1.82, 2.24) is 4.90 Å². The zero-order valence-electron chi connectivity index (χ0n) is 13.8. The van der Waals surface area contributed by atoms with Gasteiger partial charge in [0.25, 0.3) is 5.91 Å². The molecule has 0 atom stereocenters. The molecular formula is C19H18N2O4. The summed E-state index contributed by atoms with van der Waals surface area (Å²) in [5.41, 5.74) is 2.46. The summed E-state index contributed by atoms with van der Waals surface area (Å²) in [6.07, 6.45) is 0. The van der Waals surface area contributed by atoms with Crippen LogP contribution in [0.5, 0.6) is 11.5 Å². The Bertz CT molecular complexity index is 826. The minimum absolute atomic E-state index is 0.0569. The highest BCUT2D eigenvalue weighted by Gasteiger charge is 2.36. The van der Waals surface area contributed by atoms with Crippen LogP contribution in [0.15, 0.2) is 42.5 Å². The van der Waals surface area contributed by atoms with Gasteiger partial charge in [-0.2, -0.15) is 0 Å². The van der Waals surface area contributed by atoms with Gasteiger partial charge in [0.2, 0.25) is 12.7 Å². The first-order valence-electron chi connectivity index (χ1n) is 8.16. The molecule has 25 heavy (non-hydrogen) atoms. The van der Waals surface area contributed by atoms with E-state index in [-0.39, 0.29) is 24.5 Å². The van der Waals surface area contributed by atoms with E-state index in [0.717, 1.165) is 11.3 Å². The minimum atomic E-state index is -0.181. The molecule has 1 fully saturated rings. The average molecular weight is 338 g/mol. The topological polar surface area (TPSA) is 67.9 Å². The van der Waals surface area contributed by atoms with E-state index in [1.165, 1.54) is 0 Å². The normalized spacial score (nSPS) is 15.6. The molecule has 4 rings (SSSR count). The number of ether oxygens (including phenoxy) is 2. The fourth-order valence-corrected chi connectivity index (χ4v) is 2.90. The monoisotopic (exact) mass is 338 g/mol. The lowest BCUT2D eigenvalue weighted by molar-refractivity contribution is -0.123. The Balaban J connectivity index is 1.34. The van der Waals surface area contributed by atoms with Crippen LogP contribution in [-0.4, -0.2) is 36.6 Å². The van der Waals surface area contributed by atoms with Crippen molar-refractivity contribution in [3.63, 3.8) is 0 Å². The van der Waals surface area contributed by atoms with Crippen LogP contribution in [0.1, 0.15) is 15.9 Å². The second kappa shape index (κ2) is 6.12. The highest BCUT2D eigenvalue weighted by Crippen LogP contribution is 2.33. The van der Waals surface area contributed by atoms with Crippen molar-refractivity contribution in [2.75, 3.05) is 25.2 Å². The van der Waals surface area contributed by atoms with Crippen molar-refractivity contribution in [2.45, 2.75) is 6.92 Å². The molecule has 2 amide bonds. The van der Waals surface area contributed by atoms with Crippen molar-refractivity contribution < 1.29 is 19.1 Å². The predicted octanol–water partition coefficient (Wildman–Crippen LogP) is 2.43. The number of carbonyl (C=O) groups is 2. The Morgan fingerprint density at radius 2 is 1.76 bits per heavy atom. The number of anilines is 1. The molecular weight excluding hydrogens is 320 g/mol. The lowest BCUT2D eigenvalue weighted by Crippen LogP contribution is -2.54. The van der Waals surface area contributed by atoms with E-state index in [1.54, 1.807) is 23.1 Å². The van der Waals surface area contributed by atoms with E-state index in [1.807, 2.05) is 31.2 Å². The van der Waals surface area contributed by atoms with Crippen LogP contribution in [-0.2, 0) is 4.79 Å². The van der Waals surface area contributed by atoms with Crippen LogP contribution < -0.4 is 14.8 Å². The summed E-state index contributed by atoms with van der Waals surface area (Å²) >= 11 is 0. The Labute approximate surface area is 145 Å². The average Bonchev–Trinajstić information content (AvgIpc) is 3.03. The zero-order chi connectivity index (χ0) is 17.4. The highest BCUT2D eigenvalue weighted by atomic mass is 16.7. The van der Waals surface area contributed by atoms with Crippen molar-refractivity contribution in [3.8, 4) is 11.5 Å². The van der Waals surface area contributed by atoms with Crippen molar-refractivity contribution >= 4 is 17.5 Å². The third-order valence-electron chi connectivity index (χ3n) is 4.48. The maximum absolute atomic E-state index is 12.5. The van der Waals surface area contributed by atoms with Crippen LogP contribution in [0.4, 0.5) is 5.69 Å². The SMILES string of the molecule is Cc1ccc(NC(=O)C2CN(C(=O)c3ccc4c(c3)OCO4)C2)cc1. The van der Waals surface area contributed by atoms with Crippen LogP contribution >= 0.6 is 0 Å². The van der Waals surface area contributed by atoms with E-state index >= 15 is 0 Å². The van der Waals surface area contributed by atoms with Gasteiger partial charge in [-0.15, -0.1) is 0 Å². The molecule has 0 spiro atoms. The van der Waals surface area contributed by atoms with E-state index in [0.29, 0.717) is 30.2 Å². The number of amides is 2. The molecule has 0 aromatic heterocycles. The molecule has 0 radical (unpaired) electrons. The molecule has 0 bridgehead atoms. The van der Waals surface area contributed by atoms with Gasteiger partial charge >= 0.3 is 0 Å². The molecule has 2 aromatic rings. The number of carbonyl (C=O) groups excluding carboxylic acids is 2. The van der Waals surface area contributed by atoms with Gasteiger partial charge in [-0.3, -0.25) is 9.59 Å². The molecule has 2 aliphatic heterocycles. The summed E-state index contributed by atoms with van der Waals surface area (Å²) in [6, 6.07) is 12.8. The smallest absolute Gasteiger partial charge is 0.254 e. The Hall–Kier alpha value is -3.02. The molecule has 0 aliphatic carbocycles. The number of benzene rings is 2. The van der Waals surface area contributed by atoms with Gasteiger partial charge in [0.1, 0.15) is 0 Å². The van der Waals surface area contributed by atoms with E-state index in [4.69, 9.17) is 9.47 Å². The number of hydrogen-bond acceptors (Lipinski definition) is 4. The van der Waals surface area contributed by atoms with E-state index < -0.39 is 0 Å². The number of fused-ring (bicyclic) bond motifs is 1. The summed E-state index contributed by atoms with van der Waals surface area (Å²) in [5.74, 6) is 0.895. The summed E-state index contributed by atoms with van der Waals surface area (Å²) in [6.45, 7) is 3.02. The van der Waals surface area contributed by atoms with E-state index in [2.05, 4.69) is 5.32 Å². The number of hydrogen-bond donors (Lipinski definition) is 1. The zero-order valence-corrected chi connectivity index (χ0v) is 13.8. The summed E-state index contributed by atoms with van der Waals surface area (Å²) in [4.78, 5) is 26.4. The van der Waals surface area contributed by atoms with Gasteiger partial charge < -0.3 is 19.7 Å². The maximum atomic E-state index is 12.5. The Kier molecular flexibility index (Phi) is 3.80. The van der Waals surface area contributed by atoms with Crippen molar-refractivity contribution in [1.29, 1.82) is 0 Å². The Morgan fingerprint density at radius 3 is 2.52 bits per heavy atom. The minimum Gasteiger partial charge on any atom is -0.454 e. The number of nitrogens with one attached hydrogen (secondary N) is 1. The Morgan fingerprint density at radius 1 is 1.04 bits per heavy atom. The number of nitrogens with zero attached hydrogens (tertiary/aromatic N) is 1. The third kappa shape index (κ3) is 3.03. The molecule has 1 N–H and O–H groups in total. The van der Waals surface area contributed by atoms with Gasteiger partial charge in [0.15, 0.2) is 11.5 Å². The fourth-order valence-electron chi connectivity index (χ4n) is 2.90. The molecule has 1 saturated heterocycles. The lowest BCUT2D eigenvalue weighted by Gasteiger charge is -2.38. The number of likely N-dealkylation sites (tertiary alicyclic amines) is 1. The van der Waals surface area contributed by atoms with Crippen LogP contribution in [0.2, 0.25) is 0 Å². The van der Waals surface area contributed by atoms with Gasteiger partial charge in [-0.1, -0.05) is 17.7 Å². The molecule has 2 aliphatic rings. The first-order chi connectivity index (χ1) is 12.1. The van der Waals surface area contributed by atoms with E-state index in [9.17, 15) is 9.59 Å². The second-order valence-corrected chi connectivity index (χ2v) is 6.33. The lowest BCUT2D eigenvalue weighted by atomic mass is 9.97. The molecule has 0 saturated carbocycles. The third-order valence-corrected chi connectivity index (χ3v) is 4.48. The quantitative estimate of drug-likeness (QED) is 0.933. The van der Waals surface area contributed by atoms with Crippen LogP contribution in [0.3, 0.4) is 0 Å². The van der Waals surface area contributed by atoms with Crippen LogP contribution in [0.25, 0.3) is 0 Å².